The Bertz CT molecular complexity index is 789. The predicted molar refractivity (Wildman–Crippen MR) is 98.1 cm³/mol. The monoisotopic (exact) mass is 380 g/mol. The summed E-state index contributed by atoms with van der Waals surface area (Å²) in [6.07, 6.45) is -3.72. The molecule has 0 aliphatic carbocycles. The molecule has 1 fully saturated rings. The summed E-state index contributed by atoms with van der Waals surface area (Å²) in [4.78, 5) is 11.6. The van der Waals surface area contributed by atoms with Crippen molar-refractivity contribution in [2.45, 2.75) is 32.5 Å². The molecule has 2 heterocycles. The van der Waals surface area contributed by atoms with E-state index in [1.165, 1.54) is 12.1 Å². The van der Waals surface area contributed by atoms with Gasteiger partial charge in [0.25, 0.3) is 0 Å². The van der Waals surface area contributed by atoms with E-state index in [2.05, 4.69) is 21.9 Å². The van der Waals surface area contributed by atoms with E-state index in [1.807, 2.05) is 14.0 Å². The number of rotatable bonds is 6. The van der Waals surface area contributed by atoms with Crippen LogP contribution in [-0.4, -0.2) is 43.0 Å². The van der Waals surface area contributed by atoms with Crippen LogP contribution in [0.1, 0.15) is 30.7 Å². The Labute approximate surface area is 156 Å². The van der Waals surface area contributed by atoms with Gasteiger partial charge in [-0.25, -0.2) is 9.97 Å². The van der Waals surface area contributed by atoms with E-state index >= 15 is 0 Å². The van der Waals surface area contributed by atoms with Gasteiger partial charge in [-0.2, -0.15) is 0 Å². The smallest absolute Gasteiger partial charge is 0.406 e. The van der Waals surface area contributed by atoms with Crippen molar-refractivity contribution in [2.24, 2.45) is 0 Å². The van der Waals surface area contributed by atoms with Gasteiger partial charge in [-0.05, 0) is 37.6 Å². The zero-order valence-corrected chi connectivity index (χ0v) is 15.6. The number of hydrogen-bond acceptors (Lipinski definition) is 5. The topological polar surface area (TPSA) is 50.3 Å². The molecule has 0 atom stereocenters. The number of hydrogen-bond donors (Lipinski definition) is 1. The zero-order valence-electron chi connectivity index (χ0n) is 15.6. The summed E-state index contributed by atoms with van der Waals surface area (Å²) in [6, 6.07) is 5.82. The summed E-state index contributed by atoms with van der Waals surface area (Å²) in [5.41, 5.74) is 2.39. The molecule has 0 spiro atoms. The molecule has 5 nitrogen and oxygen atoms in total. The summed E-state index contributed by atoms with van der Waals surface area (Å²) < 4.78 is 41.1. The third kappa shape index (κ3) is 4.50. The van der Waals surface area contributed by atoms with E-state index in [0.29, 0.717) is 0 Å². The van der Waals surface area contributed by atoms with Crippen LogP contribution in [0.5, 0.6) is 5.75 Å². The Kier molecular flexibility index (Phi) is 5.55. The first-order chi connectivity index (χ1) is 12.8. The van der Waals surface area contributed by atoms with Gasteiger partial charge < -0.3 is 15.0 Å². The van der Waals surface area contributed by atoms with Crippen molar-refractivity contribution < 1.29 is 17.9 Å². The molecule has 0 bridgehead atoms. The first kappa shape index (κ1) is 19.4. The highest BCUT2D eigenvalue weighted by Crippen LogP contribution is 2.32. The minimum absolute atomic E-state index is 0.246. The Morgan fingerprint density at radius 1 is 1.19 bits per heavy atom. The first-order valence-corrected chi connectivity index (χ1v) is 8.95. The normalized spacial score (nSPS) is 14.7. The molecule has 1 aliphatic heterocycles. The lowest BCUT2D eigenvalue weighted by atomic mass is 10.0. The molecular formula is C19H23F3N4O. The lowest BCUT2D eigenvalue weighted by molar-refractivity contribution is -0.274. The maximum absolute atomic E-state index is 12.4. The number of halogens is 3. The average molecular weight is 380 g/mol. The largest absolute Gasteiger partial charge is 0.573 e. The third-order valence-electron chi connectivity index (χ3n) is 4.57. The Hall–Kier alpha value is -2.35. The number of nitrogens with one attached hydrogen (secondary N) is 1. The molecule has 3 rings (SSSR count). The summed E-state index contributed by atoms with van der Waals surface area (Å²) in [6.45, 7) is 6.57. The van der Waals surface area contributed by atoms with Crippen LogP contribution in [0.4, 0.5) is 19.0 Å². The molecule has 27 heavy (non-hydrogen) atoms. The van der Waals surface area contributed by atoms with Gasteiger partial charge in [0.05, 0.1) is 5.69 Å². The van der Waals surface area contributed by atoms with Gasteiger partial charge in [-0.3, -0.25) is 0 Å². The standard InChI is InChI=1S/C19H23F3N4O/c1-4-9-26(3)18-12(2)16(24-17(25-18)14-10-23-11-14)13-5-7-15(8-6-13)27-19(20,21)22/h5-8,14,23H,4,9-11H2,1-3H3. The van der Waals surface area contributed by atoms with Crippen LogP contribution in [0.25, 0.3) is 11.3 Å². The van der Waals surface area contributed by atoms with Crippen molar-refractivity contribution in [3.05, 3.63) is 35.7 Å². The Morgan fingerprint density at radius 3 is 2.37 bits per heavy atom. The van der Waals surface area contributed by atoms with E-state index in [1.54, 1.807) is 12.1 Å². The summed E-state index contributed by atoms with van der Waals surface area (Å²) >= 11 is 0. The van der Waals surface area contributed by atoms with Gasteiger partial charge in [0.1, 0.15) is 17.4 Å². The maximum Gasteiger partial charge on any atom is 0.573 e. The fourth-order valence-corrected chi connectivity index (χ4v) is 3.08. The van der Waals surface area contributed by atoms with Gasteiger partial charge in [0.2, 0.25) is 0 Å². The second kappa shape index (κ2) is 7.72. The minimum Gasteiger partial charge on any atom is -0.406 e. The van der Waals surface area contributed by atoms with E-state index in [9.17, 15) is 13.2 Å². The van der Waals surface area contributed by atoms with Crippen LogP contribution < -0.4 is 15.0 Å². The SMILES string of the molecule is CCCN(C)c1nc(C2CNC2)nc(-c2ccc(OC(F)(F)F)cc2)c1C. The van der Waals surface area contributed by atoms with Gasteiger partial charge in [-0.15, -0.1) is 13.2 Å². The quantitative estimate of drug-likeness (QED) is 0.824. The highest BCUT2D eigenvalue weighted by Gasteiger charge is 2.31. The van der Waals surface area contributed by atoms with Gasteiger partial charge in [-0.1, -0.05) is 6.92 Å². The molecule has 1 saturated heterocycles. The van der Waals surface area contributed by atoms with E-state index in [-0.39, 0.29) is 11.7 Å². The minimum atomic E-state index is -4.70. The van der Waals surface area contributed by atoms with Crippen LogP contribution in [0.2, 0.25) is 0 Å². The summed E-state index contributed by atoms with van der Waals surface area (Å²) in [7, 11) is 1.99. The zero-order chi connectivity index (χ0) is 19.6. The molecule has 2 aromatic rings. The fraction of sp³-hybridized carbons (Fsp3) is 0.474. The second-order valence-corrected chi connectivity index (χ2v) is 6.73. The van der Waals surface area contributed by atoms with Crippen molar-refractivity contribution in [3.8, 4) is 17.0 Å². The van der Waals surface area contributed by atoms with Crippen LogP contribution in [0.3, 0.4) is 0 Å². The van der Waals surface area contributed by atoms with Crippen LogP contribution >= 0.6 is 0 Å². The molecule has 1 aliphatic rings. The maximum atomic E-state index is 12.4. The summed E-state index contributed by atoms with van der Waals surface area (Å²) in [5.74, 6) is 1.64. The highest BCUT2D eigenvalue weighted by atomic mass is 19.4. The summed E-state index contributed by atoms with van der Waals surface area (Å²) in [5, 5.41) is 3.22. The molecule has 146 valence electrons. The van der Waals surface area contributed by atoms with E-state index in [4.69, 9.17) is 9.97 Å². The average Bonchev–Trinajstić information content (AvgIpc) is 2.54. The first-order valence-electron chi connectivity index (χ1n) is 8.95. The molecule has 0 radical (unpaired) electrons. The lowest BCUT2D eigenvalue weighted by Crippen LogP contribution is -2.41. The number of aromatic nitrogens is 2. The number of alkyl halides is 3. The molecule has 0 unspecified atom stereocenters. The number of anilines is 1. The Balaban J connectivity index is 1.99. The molecule has 0 saturated carbocycles. The van der Waals surface area contributed by atoms with Crippen molar-refractivity contribution in [1.29, 1.82) is 0 Å². The van der Waals surface area contributed by atoms with Crippen molar-refractivity contribution in [1.82, 2.24) is 15.3 Å². The van der Waals surface area contributed by atoms with Crippen molar-refractivity contribution in [2.75, 3.05) is 31.6 Å². The molecule has 1 aromatic heterocycles. The number of nitrogens with zero attached hydrogens (tertiary/aromatic N) is 3. The van der Waals surface area contributed by atoms with E-state index in [0.717, 1.165) is 54.5 Å². The molecule has 1 aromatic carbocycles. The Morgan fingerprint density at radius 2 is 1.85 bits per heavy atom. The van der Waals surface area contributed by atoms with Crippen LogP contribution in [0, 0.1) is 6.92 Å². The van der Waals surface area contributed by atoms with Gasteiger partial charge in [0.15, 0.2) is 0 Å². The van der Waals surface area contributed by atoms with Crippen molar-refractivity contribution >= 4 is 5.82 Å². The number of ether oxygens (including phenoxy) is 1. The van der Waals surface area contributed by atoms with Crippen LogP contribution in [-0.2, 0) is 0 Å². The highest BCUT2D eigenvalue weighted by molar-refractivity contribution is 5.69. The molecular weight excluding hydrogens is 357 g/mol. The second-order valence-electron chi connectivity index (χ2n) is 6.73. The molecule has 1 N–H and O–H groups in total. The predicted octanol–water partition coefficient (Wildman–Crippen LogP) is 3.88. The molecule has 0 amide bonds. The van der Waals surface area contributed by atoms with Crippen LogP contribution in [0.15, 0.2) is 24.3 Å². The lowest BCUT2D eigenvalue weighted by Gasteiger charge is -2.28. The van der Waals surface area contributed by atoms with Gasteiger partial charge in [0, 0.05) is 43.7 Å². The molecule has 8 heteroatoms. The fourth-order valence-electron chi connectivity index (χ4n) is 3.08. The van der Waals surface area contributed by atoms with E-state index < -0.39 is 6.36 Å². The third-order valence-corrected chi connectivity index (χ3v) is 4.57. The number of benzene rings is 1. The van der Waals surface area contributed by atoms with Gasteiger partial charge >= 0.3 is 6.36 Å². The van der Waals surface area contributed by atoms with Crippen molar-refractivity contribution in [3.63, 3.8) is 0 Å².